The molecule has 170 valence electrons. The van der Waals surface area contributed by atoms with E-state index in [0.717, 1.165) is 5.69 Å². The molecule has 2 aromatic carbocycles. The lowest BCUT2D eigenvalue weighted by Crippen LogP contribution is -2.39. The molecule has 33 heavy (non-hydrogen) atoms. The largest absolute Gasteiger partial charge is 0.462 e. The SMILES string of the molecule is CCOC(=O)c1ccc(NC(=O)N2CCCn3cccc3C2c2ccccc2[N+](=O)[O-])cc1. The van der Waals surface area contributed by atoms with Crippen LogP contribution in [0.15, 0.2) is 66.9 Å². The Morgan fingerprint density at radius 3 is 2.58 bits per heavy atom. The number of hydrogen-bond acceptors (Lipinski definition) is 5. The molecule has 1 unspecified atom stereocenters. The fourth-order valence-corrected chi connectivity index (χ4v) is 4.11. The number of hydrogen-bond donors (Lipinski definition) is 1. The van der Waals surface area contributed by atoms with Gasteiger partial charge in [-0.05, 0) is 55.8 Å². The summed E-state index contributed by atoms with van der Waals surface area (Å²) in [6, 6.07) is 15.7. The van der Waals surface area contributed by atoms with Crippen molar-refractivity contribution in [3.8, 4) is 0 Å². The zero-order chi connectivity index (χ0) is 23.4. The van der Waals surface area contributed by atoms with Crippen molar-refractivity contribution in [1.29, 1.82) is 0 Å². The first-order chi connectivity index (χ1) is 16.0. The van der Waals surface area contributed by atoms with Crippen LogP contribution in [-0.4, -0.2) is 39.5 Å². The molecule has 1 atom stereocenters. The topological polar surface area (TPSA) is 107 Å². The van der Waals surface area contributed by atoms with Crippen LogP contribution in [0.25, 0.3) is 0 Å². The number of carbonyl (C=O) groups excluding carboxylic acids is 2. The smallest absolute Gasteiger partial charge is 0.338 e. The van der Waals surface area contributed by atoms with Gasteiger partial charge in [0.2, 0.25) is 0 Å². The van der Waals surface area contributed by atoms with Crippen LogP contribution in [-0.2, 0) is 11.3 Å². The molecule has 2 amide bonds. The number of aromatic nitrogens is 1. The predicted molar refractivity (Wildman–Crippen MR) is 122 cm³/mol. The summed E-state index contributed by atoms with van der Waals surface area (Å²) in [6.45, 7) is 3.14. The Morgan fingerprint density at radius 2 is 1.85 bits per heavy atom. The third-order valence-corrected chi connectivity index (χ3v) is 5.59. The number of nitro benzene ring substituents is 1. The van der Waals surface area contributed by atoms with Gasteiger partial charge in [-0.25, -0.2) is 9.59 Å². The lowest BCUT2D eigenvalue weighted by Gasteiger charge is -2.30. The molecule has 1 N–H and O–H groups in total. The number of nitrogens with zero attached hydrogens (tertiary/aromatic N) is 3. The number of carbonyl (C=O) groups is 2. The van der Waals surface area contributed by atoms with Crippen LogP contribution in [0.2, 0.25) is 0 Å². The second kappa shape index (κ2) is 9.56. The molecule has 0 aliphatic carbocycles. The normalized spacial score (nSPS) is 15.3. The number of fused-ring (bicyclic) bond motifs is 1. The summed E-state index contributed by atoms with van der Waals surface area (Å²) in [7, 11) is 0. The average Bonchev–Trinajstić information content (AvgIpc) is 3.19. The summed E-state index contributed by atoms with van der Waals surface area (Å²) in [4.78, 5) is 38.2. The third kappa shape index (κ3) is 4.57. The number of nitro groups is 1. The zero-order valence-electron chi connectivity index (χ0n) is 18.1. The number of aryl methyl sites for hydroxylation is 1. The molecule has 1 aromatic heterocycles. The first kappa shape index (κ1) is 22.1. The van der Waals surface area contributed by atoms with Crippen LogP contribution in [0.1, 0.15) is 41.0 Å². The molecule has 1 aliphatic heterocycles. The maximum atomic E-state index is 13.4. The van der Waals surface area contributed by atoms with Crippen LogP contribution < -0.4 is 5.32 Å². The summed E-state index contributed by atoms with van der Waals surface area (Å²) >= 11 is 0. The van der Waals surface area contributed by atoms with E-state index < -0.39 is 16.9 Å². The highest BCUT2D eigenvalue weighted by atomic mass is 16.6. The maximum Gasteiger partial charge on any atom is 0.338 e. The standard InChI is InChI=1S/C24H24N4O5/c1-2-33-23(29)17-10-12-18(13-11-17)25-24(30)27-16-6-15-26-14-5-9-21(26)22(27)19-7-3-4-8-20(19)28(31)32/h3-5,7-14,22H,2,6,15-16H2,1H3,(H,25,30). The third-order valence-electron chi connectivity index (χ3n) is 5.59. The molecule has 2 heterocycles. The molecule has 4 rings (SSSR count). The Morgan fingerprint density at radius 1 is 1.09 bits per heavy atom. The fraction of sp³-hybridized carbons (Fsp3) is 0.250. The van der Waals surface area contributed by atoms with Crippen molar-refractivity contribution in [3.05, 3.63) is 93.8 Å². The van der Waals surface area contributed by atoms with Gasteiger partial charge < -0.3 is 19.5 Å². The molecule has 0 radical (unpaired) electrons. The maximum absolute atomic E-state index is 13.4. The van der Waals surface area contributed by atoms with E-state index in [9.17, 15) is 19.7 Å². The molecule has 0 saturated carbocycles. The average molecular weight is 448 g/mol. The van der Waals surface area contributed by atoms with E-state index in [1.54, 1.807) is 54.3 Å². The number of urea groups is 1. The quantitative estimate of drug-likeness (QED) is 0.349. The summed E-state index contributed by atoms with van der Waals surface area (Å²) in [6.07, 6.45) is 2.63. The van der Waals surface area contributed by atoms with Crippen molar-refractivity contribution in [2.45, 2.75) is 25.9 Å². The number of anilines is 1. The second-order valence-corrected chi connectivity index (χ2v) is 7.62. The van der Waals surface area contributed by atoms with Gasteiger partial charge in [0.15, 0.2) is 0 Å². The lowest BCUT2D eigenvalue weighted by molar-refractivity contribution is -0.385. The van der Waals surface area contributed by atoms with E-state index in [4.69, 9.17) is 4.74 Å². The molecule has 9 heteroatoms. The Labute approximate surface area is 190 Å². The number of nitrogens with one attached hydrogen (secondary N) is 1. The number of para-hydroxylation sites is 1. The summed E-state index contributed by atoms with van der Waals surface area (Å²) in [5.74, 6) is -0.430. The van der Waals surface area contributed by atoms with E-state index in [2.05, 4.69) is 5.32 Å². The van der Waals surface area contributed by atoms with Gasteiger partial charge in [-0.15, -0.1) is 0 Å². The Balaban J connectivity index is 1.66. The number of esters is 1. The highest BCUT2D eigenvalue weighted by Gasteiger charge is 2.34. The van der Waals surface area contributed by atoms with Crippen LogP contribution in [0.5, 0.6) is 0 Å². The summed E-state index contributed by atoms with van der Waals surface area (Å²) in [5, 5.41) is 14.6. The van der Waals surface area contributed by atoms with Crippen LogP contribution >= 0.6 is 0 Å². The van der Waals surface area contributed by atoms with Gasteiger partial charge in [0.1, 0.15) is 6.04 Å². The van der Waals surface area contributed by atoms with E-state index in [1.807, 2.05) is 22.9 Å². The molecule has 3 aromatic rings. The molecular weight excluding hydrogens is 424 g/mol. The van der Waals surface area contributed by atoms with Crippen molar-refractivity contribution >= 4 is 23.4 Å². The van der Waals surface area contributed by atoms with Crippen LogP contribution in [0, 0.1) is 10.1 Å². The fourth-order valence-electron chi connectivity index (χ4n) is 4.11. The van der Waals surface area contributed by atoms with Gasteiger partial charge in [0.25, 0.3) is 5.69 Å². The summed E-state index contributed by atoms with van der Waals surface area (Å²) in [5.41, 5.74) is 2.13. The van der Waals surface area contributed by atoms with Gasteiger partial charge in [-0.1, -0.05) is 12.1 Å². The van der Waals surface area contributed by atoms with E-state index in [1.165, 1.54) is 6.07 Å². The van der Waals surface area contributed by atoms with Gasteiger partial charge in [-0.3, -0.25) is 10.1 Å². The molecule has 0 fully saturated rings. The zero-order valence-corrected chi connectivity index (χ0v) is 18.1. The first-order valence-corrected chi connectivity index (χ1v) is 10.7. The minimum absolute atomic E-state index is 0.0336. The first-order valence-electron chi connectivity index (χ1n) is 10.7. The number of benzene rings is 2. The van der Waals surface area contributed by atoms with Crippen molar-refractivity contribution < 1.29 is 19.2 Å². The Hall–Kier alpha value is -4.14. The molecule has 9 nitrogen and oxygen atoms in total. The Kier molecular flexibility index (Phi) is 6.39. The molecular formula is C24H24N4O5. The van der Waals surface area contributed by atoms with E-state index in [0.29, 0.717) is 36.3 Å². The number of amides is 2. The lowest BCUT2D eigenvalue weighted by atomic mass is 10.00. The highest BCUT2D eigenvalue weighted by Crippen LogP contribution is 2.37. The second-order valence-electron chi connectivity index (χ2n) is 7.62. The van der Waals surface area contributed by atoms with Gasteiger partial charge >= 0.3 is 12.0 Å². The van der Waals surface area contributed by atoms with Gasteiger partial charge in [-0.2, -0.15) is 0 Å². The molecule has 0 bridgehead atoms. The van der Waals surface area contributed by atoms with E-state index in [-0.39, 0.29) is 18.3 Å². The monoisotopic (exact) mass is 448 g/mol. The number of rotatable bonds is 5. The molecule has 0 saturated heterocycles. The summed E-state index contributed by atoms with van der Waals surface area (Å²) < 4.78 is 7.02. The van der Waals surface area contributed by atoms with E-state index >= 15 is 0 Å². The van der Waals surface area contributed by atoms with Crippen LogP contribution in [0.3, 0.4) is 0 Å². The van der Waals surface area contributed by atoms with Crippen molar-refractivity contribution in [2.75, 3.05) is 18.5 Å². The molecule has 1 aliphatic rings. The highest BCUT2D eigenvalue weighted by molar-refractivity contribution is 5.92. The minimum Gasteiger partial charge on any atom is -0.462 e. The predicted octanol–water partition coefficient (Wildman–Crippen LogP) is 4.60. The van der Waals surface area contributed by atoms with Gasteiger partial charge in [0, 0.05) is 36.7 Å². The van der Waals surface area contributed by atoms with Crippen molar-refractivity contribution in [1.82, 2.24) is 9.47 Å². The molecule has 0 spiro atoms. The van der Waals surface area contributed by atoms with Crippen LogP contribution in [0.4, 0.5) is 16.2 Å². The number of ether oxygens (including phenoxy) is 1. The van der Waals surface area contributed by atoms with Crippen molar-refractivity contribution in [3.63, 3.8) is 0 Å². The Bertz CT molecular complexity index is 1170. The van der Waals surface area contributed by atoms with Gasteiger partial charge in [0.05, 0.1) is 22.7 Å². The van der Waals surface area contributed by atoms with Crippen molar-refractivity contribution in [2.24, 2.45) is 0 Å². The minimum atomic E-state index is -0.622.